The molecule has 1 unspecified atom stereocenters. The van der Waals surface area contributed by atoms with Gasteiger partial charge in [0, 0.05) is 5.33 Å². The van der Waals surface area contributed by atoms with Crippen LogP contribution < -0.4 is 0 Å². The molecule has 0 aliphatic rings. The van der Waals surface area contributed by atoms with Crippen LogP contribution in [0.25, 0.3) is 0 Å². The highest BCUT2D eigenvalue weighted by Crippen LogP contribution is 1.90. The number of rotatable bonds is 3. The van der Waals surface area contributed by atoms with Gasteiger partial charge in [-0.1, -0.05) is 28.1 Å². The van der Waals surface area contributed by atoms with Crippen LogP contribution in [-0.2, 0) is 0 Å². The first-order valence-corrected chi connectivity index (χ1v) is 3.80. The fraction of sp³-hybridized carbons (Fsp3) is 0.667. The first-order valence-electron chi connectivity index (χ1n) is 2.68. The smallest absolute Gasteiger partial charge is 0.0692 e. The van der Waals surface area contributed by atoms with Crippen LogP contribution in [-0.4, -0.2) is 16.5 Å². The third kappa shape index (κ3) is 6.18. The Morgan fingerprint density at radius 1 is 1.75 bits per heavy atom. The second-order valence-corrected chi connectivity index (χ2v) is 2.44. The van der Waals surface area contributed by atoms with Crippen LogP contribution in [0.15, 0.2) is 12.2 Å². The van der Waals surface area contributed by atoms with Gasteiger partial charge in [-0.25, -0.2) is 0 Å². The molecule has 0 aromatic carbocycles. The number of aliphatic hydroxyl groups is 1. The predicted octanol–water partition coefficient (Wildman–Crippen LogP) is 1.71. The summed E-state index contributed by atoms with van der Waals surface area (Å²) in [4.78, 5) is 0. The molecule has 2 heteroatoms. The van der Waals surface area contributed by atoms with Gasteiger partial charge in [-0.2, -0.15) is 0 Å². The summed E-state index contributed by atoms with van der Waals surface area (Å²) in [5.74, 6) is 0. The minimum Gasteiger partial charge on any atom is -0.389 e. The van der Waals surface area contributed by atoms with E-state index in [1.54, 1.807) is 13.0 Å². The molecule has 1 N–H and O–H groups in total. The van der Waals surface area contributed by atoms with Crippen molar-refractivity contribution < 1.29 is 5.11 Å². The maximum Gasteiger partial charge on any atom is 0.0692 e. The summed E-state index contributed by atoms with van der Waals surface area (Å²) in [5.41, 5.74) is 0. The average molecular weight is 179 g/mol. The SMILES string of the molecule is CC(O)/C=C/CCBr. The minimum atomic E-state index is -0.297. The fourth-order valence-electron chi connectivity index (χ4n) is 0.356. The molecule has 0 aromatic heterocycles. The molecule has 0 spiro atoms. The second-order valence-electron chi connectivity index (χ2n) is 1.65. The first kappa shape index (κ1) is 8.18. The molecule has 0 aliphatic carbocycles. The average Bonchev–Trinajstić information content (AvgIpc) is 1.66. The maximum absolute atomic E-state index is 8.68. The Morgan fingerprint density at radius 3 is 2.75 bits per heavy atom. The van der Waals surface area contributed by atoms with E-state index in [1.165, 1.54) is 0 Å². The van der Waals surface area contributed by atoms with Crippen LogP contribution >= 0.6 is 15.9 Å². The summed E-state index contributed by atoms with van der Waals surface area (Å²) in [5, 5.41) is 9.65. The van der Waals surface area contributed by atoms with Gasteiger partial charge in [0.1, 0.15) is 0 Å². The van der Waals surface area contributed by atoms with Crippen molar-refractivity contribution in [1.29, 1.82) is 0 Å². The number of halogens is 1. The van der Waals surface area contributed by atoms with Gasteiger partial charge in [0.2, 0.25) is 0 Å². The Labute approximate surface area is 58.5 Å². The van der Waals surface area contributed by atoms with E-state index in [1.807, 2.05) is 6.08 Å². The molecular weight excluding hydrogens is 168 g/mol. The molecule has 0 rings (SSSR count). The molecular formula is C6H11BrO. The van der Waals surface area contributed by atoms with E-state index in [4.69, 9.17) is 5.11 Å². The molecule has 1 atom stereocenters. The molecule has 0 aliphatic heterocycles. The van der Waals surface area contributed by atoms with Gasteiger partial charge in [-0.15, -0.1) is 0 Å². The molecule has 8 heavy (non-hydrogen) atoms. The highest BCUT2D eigenvalue weighted by Gasteiger charge is 1.81. The zero-order valence-corrected chi connectivity index (χ0v) is 6.56. The van der Waals surface area contributed by atoms with Crippen LogP contribution in [0.4, 0.5) is 0 Å². The lowest BCUT2D eigenvalue weighted by atomic mass is 10.3. The van der Waals surface area contributed by atoms with Crippen LogP contribution in [0.1, 0.15) is 13.3 Å². The molecule has 1 nitrogen and oxygen atoms in total. The lowest BCUT2D eigenvalue weighted by molar-refractivity contribution is 0.244. The van der Waals surface area contributed by atoms with Crippen LogP contribution in [0.2, 0.25) is 0 Å². The van der Waals surface area contributed by atoms with Crippen molar-refractivity contribution in [2.24, 2.45) is 0 Å². The van der Waals surface area contributed by atoms with Crippen molar-refractivity contribution in [2.45, 2.75) is 19.4 Å². The van der Waals surface area contributed by atoms with Gasteiger partial charge in [-0.3, -0.25) is 0 Å². The van der Waals surface area contributed by atoms with Crippen molar-refractivity contribution in [3.05, 3.63) is 12.2 Å². The van der Waals surface area contributed by atoms with Gasteiger partial charge in [0.25, 0.3) is 0 Å². The number of aliphatic hydroxyl groups excluding tert-OH is 1. The second kappa shape index (κ2) is 5.32. The summed E-state index contributed by atoms with van der Waals surface area (Å²) in [6, 6.07) is 0. The van der Waals surface area contributed by atoms with Crippen molar-refractivity contribution in [2.75, 3.05) is 5.33 Å². The van der Waals surface area contributed by atoms with Gasteiger partial charge in [-0.05, 0) is 13.3 Å². The Hall–Kier alpha value is 0.180. The number of allylic oxidation sites excluding steroid dienone is 1. The summed E-state index contributed by atoms with van der Waals surface area (Å²) >= 11 is 3.27. The van der Waals surface area contributed by atoms with Gasteiger partial charge >= 0.3 is 0 Å². The third-order valence-electron chi connectivity index (χ3n) is 0.690. The van der Waals surface area contributed by atoms with E-state index in [0.29, 0.717) is 0 Å². The van der Waals surface area contributed by atoms with Gasteiger partial charge < -0.3 is 5.11 Å². The van der Waals surface area contributed by atoms with E-state index < -0.39 is 0 Å². The highest BCUT2D eigenvalue weighted by molar-refractivity contribution is 9.09. The molecule has 0 fully saturated rings. The molecule has 0 saturated carbocycles. The molecule has 0 aromatic rings. The summed E-state index contributed by atoms with van der Waals surface area (Å²) in [6.07, 6.45) is 4.43. The molecule has 0 bridgehead atoms. The lowest BCUT2D eigenvalue weighted by Crippen LogP contribution is -1.91. The van der Waals surface area contributed by atoms with Crippen molar-refractivity contribution in [3.63, 3.8) is 0 Å². The third-order valence-corrected chi connectivity index (χ3v) is 1.15. The highest BCUT2D eigenvalue weighted by atomic mass is 79.9. The number of hydrogen-bond acceptors (Lipinski definition) is 1. The summed E-state index contributed by atoms with van der Waals surface area (Å²) < 4.78 is 0. The largest absolute Gasteiger partial charge is 0.389 e. The Bertz CT molecular complexity index is 68.9. The predicted molar refractivity (Wildman–Crippen MR) is 39.2 cm³/mol. The monoisotopic (exact) mass is 178 g/mol. The quantitative estimate of drug-likeness (QED) is 0.516. The number of hydrogen-bond donors (Lipinski definition) is 1. The van der Waals surface area contributed by atoms with Crippen molar-refractivity contribution in [3.8, 4) is 0 Å². The summed E-state index contributed by atoms with van der Waals surface area (Å²) in [7, 11) is 0. The molecule has 0 amide bonds. The maximum atomic E-state index is 8.68. The molecule has 0 heterocycles. The standard InChI is InChI=1S/C6H11BrO/c1-6(8)4-2-3-5-7/h2,4,6,8H,3,5H2,1H3/b4-2+. The van der Waals surface area contributed by atoms with E-state index in [0.717, 1.165) is 11.8 Å². The zero-order chi connectivity index (χ0) is 6.41. The Balaban J connectivity index is 3.07. The van der Waals surface area contributed by atoms with Crippen molar-refractivity contribution >= 4 is 15.9 Å². The Kier molecular flexibility index (Phi) is 5.44. The topological polar surface area (TPSA) is 20.2 Å². The normalized spacial score (nSPS) is 14.9. The molecule has 48 valence electrons. The van der Waals surface area contributed by atoms with Crippen LogP contribution in [0.5, 0.6) is 0 Å². The molecule has 0 saturated heterocycles. The fourth-order valence-corrected chi connectivity index (χ4v) is 0.620. The van der Waals surface area contributed by atoms with E-state index >= 15 is 0 Å². The van der Waals surface area contributed by atoms with E-state index in [2.05, 4.69) is 15.9 Å². The molecule has 0 radical (unpaired) electrons. The summed E-state index contributed by atoms with van der Waals surface area (Å²) in [6.45, 7) is 1.74. The van der Waals surface area contributed by atoms with Gasteiger partial charge in [0.15, 0.2) is 0 Å². The van der Waals surface area contributed by atoms with E-state index in [-0.39, 0.29) is 6.10 Å². The van der Waals surface area contributed by atoms with Crippen LogP contribution in [0.3, 0.4) is 0 Å². The van der Waals surface area contributed by atoms with E-state index in [9.17, 15) is 0 Å². The van der Waals surface area contributed by atoms with Gasteiger partial charge in [0.05, 0.1) is 6.10 Å². The minimum absolute atomic E-state index is 0.297. The first-order chi connectivity index (χ1) is 3.77. The van der Waals surface area contributed by atoms with Crippen molar-refractivity contribution in [1.82, 2.24) is 0 Å². The number of alkyl halides is 1. The zero-order valence-electron chi connectivity index (χ0n) is 4.97. The van der Waals surface area contributed by atoms with Crippen LogP contribution in [0, 0.1) is 0 Å². The Morgan fingerprint density at radius 2 is 2.38 bits per heavy atom. The lowest BCUT2D eigenvalue weighted by Gasteiger charge is -1.90.